The molecule has 0 saturated carbocycles. The van der Waals surface area contributed by atoms with Gasteiger partial charge in [-0.1, -0.05) is 78.1 Å². The first kappa shape index (κ1) is 25.3. The van der Waals surface area contributed by atoms with E-state index < -0.39 is 0 Å². The second-order valence-electron chi connectivity index (χ2n) is 9.59. The van der Waals surface area contributed by atoms with Crippen molar-refractivity contribution < 1.29 is 9.90 Å². The average molecular weight is 524 g/mol. The number of hydrogen-bond acceptors (Lipinski definition) is 5. The molecule has 192 valence electrons. The summed E-state index contributed by atoms with van der Waals surface area (Å²) in [6.45, 7) is 0.486. The molecule has 0 saturated heterocycles. The van der Waals surface area contributed by atoms with Crippen molar-refractivity contribution in [1.29, 1.82) is 0 Å². The Hall–Kier alpha value is -4.36. The maximum atomic E-state index is 13.5. The number of fused-ring (bicyclic) bond motifs is 1. The van der Waals surface area contributed by atoms with E-state index in [2.05, 4.69) is 28.1 Å². The van der Waals surface area contributed by atoms with Gasteiger partial charge in [-0.25, -0.2) is 0 Å². The van der Waals surface area contributed by atoms with Crippen LogP contribution in [0.5, 0.6) is 5.88 Å². The molecule has 4 aromatic carbocycles. The van der Waals surface area contributed by atoms with Crippen molar-refractivity contribution in [3.8, 4) is 17.0 Å². The molecule has 0 atom stereocenters. The number of carbonyl (C=O) groups excluding carboxylic acids is 1. The Bertz CT molecular complexity index is 1670. The lowest BCUT2D eigenvalue weighted by atomic mass is 10.00. The molecule has 0 bridgehead atoms. The van der Waals surface area contributed by atoms with E-state index in [-0.39, 0.29) is 16.7 Å². The van der Waals surface area contributed by atoms with Crippen LogP contribution in [-0.4, -0.2) is 42.0 Å². The highest BCUT2D eigenvalue weighted by molar-refractivity contribution is 7.09. The zero-order valence-electron chi connectivity index (χ0n) is 21.6. The van der Waals surface area contributed by atoms with Crippen LogP contribution in [0.15, 0.2) is 89.7 Å². The molecule has 0 fully saturated rings. The summed E-state index contributed by atoms with van der Waals surface area (Å²) < 4.78 is 0. The topological polar surface area (TPSA) is 76.6 Å². The molecule has 0 radical (unpaired) electrons. The summed E-state index contributed by atoms with van der Waals surface area (Å²) in [6, 6.07) is 28.2. The second kappa shape index (κ2) is 10.6. The van der Waals surface area contributed by atoms with Gasteiger partial charge in [0.15, 0.2) is 0 Å². The van der Waals surface area contributed by atoms with E-state index in [1.54, 1.807) is 4.90 Å². The van der Waals surface area contributed by atoms with Crippen LogP contribution in [0, 0.1) is 0 Å². The number of carbonyl (C=O) groups is 1. The van der Waals surface area contributed by atoms with E-state index in [1.165, 1.54) is 0 Å². The van der Waals surface area contributed by atoms with Crippen LogP contribution in [0.3, 0.4) is 0 Å². The lowest BCUT2D eigenvalue weighted by Crippen LogP contribution is -2.26. The molecule has 5 rings (SSSR count). The Labute approximate surface area is 225 Å². The number of hydrogen-bond donors (Lipinski definition) is 2. The van der Waals surface area contributed by atoms with E-state index in [0.29, 0.717) is 23.4 Å². The number of nitrogens with one attached hydrogen (secondary N) is 1. The minimum atomic E-state index is -0.256. The maximum absolute atomic E-state index is 13.5. The van der Waals surface area contributed by atoms with Crippen LogP contribution < -0.4 is 9.77 Å². The van der Waals surface area contributed by atoms with E-state index in [4.69, 9.17) is 0 Å². The van der Waals surface area contributed by atoms with Crippen molar-refractivity contribution in [2.75, 3.05) is 26.0 Å². The van der Waals surface area contributed by atoms with Crippen molar-refractivity contribution in [1.82, 2.24) is 9.88 Å². The van der Waals surface area contributed by atoms with Crippen LogP contribution >= 0.6 is 11.3 Å². The average Bonchev–Trinajstić information content (AvgIpc) is 3.24. The van der Waals surface area contributed by atoms with Crippen molar-refractivity contribution >= 4 is 33.7 Å². The van der Waals surface area contributed by atoms with Gasteiger partial charge in [0, 0.05) is 50.7 Å². The predicted molar refractivity (Wildman–Crippen MR) is 155 cm³/mol. The Morgan fingerprint density at radius 2 is 1.58 bits per heavy atom. The van der Waals surface area contributed by atoms with Gasteiger partial charge in [-0.15, -0.1) is 0 Å². The van der Waals surface area contributed by atoms with Crippen molar-refractivity contribution in [3.05, 3.63) is 116 Å². The minimum Gasteiger partial charge on any atom is -0.494 e. The zero-order chi connectivity index (χ0) is 26.8. The molecule has 1 amide bonds. The van der Waals surface area contributed by atoms with Crippen LogP contribution in [0.25, 0.3) is 21.9 Å². The third-order valence-electron chi connectivity index (χ3n) is 6.66. The fraction of sp³-hybridized carbons (Fsp3) is 0.161. The molecular formula is C31H29N3O3S. The van der Waals surface area contributed by atoms with Gasteiger partial charge in [0.25, 0.3) is 5.91 Å². The summed E-state index contributed by atoms with van der Waals surface area (Å²) in [4.78, 5) is 31.5. The van der Waals surface area contributed by atoms with Gasteiger partial charge in [-0.05, 0) is 45.8 Å². The molecule has 38 heavy (non-hydrogen) atoms. The first-order chi connectivity index (χ1) is 18.3. The molecule has 1 aromatic heterocycles. The van der Waals surface area contributed by atoms with Crippen LogP contribution in [0.2, 0.25) is 0 Å². The summed E-state index contributed by atoms with van der Waals surface area (Å²) >= 11 is 1.02. The number of thiazole rings is 1. The molecule has 0 aliphatic carbocycles. The quantitative estimate of drug-likeness (QED) is 0.279. The Balaban J connectivity index is 1.33. The Morgan fingerprint density at radius 3 is 2.26 bits per heavy atom. The number of aromatic nitrogens is 1. The van der Waals surface area contributed by atoms with Gasteiger partial charge in [0.2, 0.25) is 5.88 Å². The lowest BCUT2D eigenvalue weighted by Gasteiger charge is -2.21. The SMILES string of the molecule is CN(Cc1cccc(-c2ccc(Cc3sc(=O)[nH]c3O)cc2)c1)C(=O)c1ccc(N(C)C)c2ccccc12. The third kappa shape index (κ3) is 5.19. The Morgan fingerprint density at radius 1 is 0.842 bits per heavy atom. The fourth-order valence-electron chi connectivity index (χ4n) is 4.73. The maximum Gasteiger partial charge on any atom is 0.307 e. The largest absolute Gasteiger partial charge is 0.494 e. The fourth-order valence-corrected chi connectivity index (χ4v) is 5.49. The van der Waals surface area contributed by atoms with E-state index >= 15 is 0 Å². The second-order valence-corrected chi connectivity index (χ2v) is 10.7. The third-order valence-corrected chi connectivity index (χ3v) is 7.53. The first-order valence-corrected chi connectivity index (χ1v) is 13.2. The number of anilines is 1. The molecular weight excluding hydrogens is 494 g/mol. The van der Waals surface area contributed by atoms with Crippen molar-refractivity contribution in [2.45, 2.75) is 13.0 Å². The highest BCUT2D eigenvalue weighted by Crippen LogP contribution is 2.30. The molecule has 7 heteroatoms. The Kier molecular flexibility index (Phi) is 7.03. The summed E-state index contributed by atoms with van der Waals surface area (Å²) in [5, 5.41) is 11.9. The predicted octanol–water partition coefficient (Wildman–Crippen LogP) is 5.89. The van der Waals surface area contributed by atoms with Gasteiger partial charge in [-0.2, -0.15) is 0 Å². The summed E-state index contributed by atoms with van der Waals surface area (Å²) in [5.41, 5.74) is 5.94. The van der Waals surface area contributed by atoms with E-state index in [0.717, 1.165) is 50.1 Å². The van der Waals surface area contributed by atoms with Gasteiger partial charge in [-0.3, -0.25) is 14.6 Å². The number of aromatic amines is 1. The number of nitrogens with zero attached hydrogens (tertiary/aromatic N) is 2. The summed E-state index contributed by atoms with van der Waals surface area (Å²) in [7, 11) is 5.85. The van der Waals surface area contributed by atoms with E-state index in [9.17, 15) is 14.7 Å². The number of rotatable bonds is 7. The van der Waals surface area contributed by atoms with Gasteiger partial charge < -0.3 is 14.9 Å². The number of benzene rings is 4. The van der Waals surface area contributed by atoms with E-state index in [1.807, 2.05) is 87.9 Å². The number of H-pyrrole nitrogens is 1. The van der Waals surface area contributed by atoms with Crippen LogP contribution in [-0.2, 0) is 13.0 Å². The molecule has 2 N–H and O–H groups in total. The molecule has 1 heterocycles. The molecule has 0 unspecified atom stereocenters. The molecule has 6 nitrogen and oxygen atoms in total. The highest BCUT2D eigenvalue weighted by Gasteiger charge is 2.17. The van der Waals surface area contributed by atoms with Crippen LogP contribution in [0.1, 0.15) is 26.4 Å². The van der Waals surface area contributed by atoms with Gasteiger partial charge >= 0.3 is 4.87 Å². The van der Waals surface area contributed by atoms with Gasteiger partial charge in [0.05, 0.1) is 4.88 Å². The van der Waals surface area contributed by atoms with Crippen molar-refractivity contribution in [3.63, 3.8) is 0 Å². The van der Waals surface area contributed by atoms with Crippen LogP contribution in [0.4, 0.5) is 5.69 Å². The molecule has 0 aliphatic heterocycles. The monoisotopic (exact) mass is 523 g/mol. The lowest BCUT2D eigenvalue weighted by molar-refractivity contribution is 0.0787. The van der Waals surface area contributed by atoms with Gasteiger partial charge in [0.1, 0.15) is 0 Å². The first-order valence-electron chi connectivity index (χ1n) is 12.3. The molecule has 5 aromatic rings. The standard InChI is InChI=1S/C31H29N3O3S/c1-33(2)27-16-15-26(24-9-4-5-10-25(24)27)30(36)34(3)19-21-7-6-8-23(17-21)22-13-11-20(12-14-22)18-28-29(35)32-31(37)38-28/h4-17,35H,18-19H2,1-3H3,(H,32,37). The smallest absolute Gasteiger partial charge is 0.307 e. The zero-order valence-corrected chi connectivity index (χ0v) is 22.4. The normalized spacial score (nSPS) is 11.0. The summed E-state index contributed by atoms with van der Waals surface area (Å²) in [5.74, 6) is -0.0753. The molecule has 0 spiro atoms. The number of amides is 1. The minimum absolute atomic E-state index is 0.0171. The number of aromatic hydroxyl groups is 1. The highest BCUT2D eigenvalue weighted by atomic mass is 32.1. The molecule has 0 aliphatic rings. The van der Waals surface area contributed by atoms with Crippen molar-refractivity contribution in [2.24, 2.45) is 0 Å². The summed E-state index contributed by atoms with van der Waals surface area (Å²) in [6.07, 6.45) is 0.493.